The molecule has 4 atom stereocenters. The Morgan fingerprint density at radius 1 is 1.00 bits per heavy atom. The molecule has 3 aromatic rings. The van der Waals surface area contributed by atoms with Crippen LogP contribution < -0.4 is 9.64 Å². The molecule has 3 aromatic carbocycles. The number of amides is 1. The van der Waals surface area contributed by atoms with Crippen LogP contribution in [0.2, 0.25) is 0 Å². The van der Waals surface area contributed by atoms with Crippen LogP contribution in [0.3, 0.4) is 0 Å². The van der Waals surface area contributed by atoms with Crippen molar-refractivity contribution in [2.75, 3.05) is 19.1 Å². The molecule has 0 N–H and O–H groups in total. The number of nitrogens with zero attached hydrogens (tertiary/aromatic N) is 2. The second-order valence-corrected chi connectivity index (χ2v) is 8.59. The number of para-hydroxylation sites is 1. The minimum absolute atomic E-state index is 0.294. The zero-order valence-electron chi connectivity index (χ0n) is 18.6. The van der Waals surface area contributed by atoms with Crippen molar-refractivity contribution in [3.05, 3.63) is 105 Å². The number of ether oxygens (including phenoxy) is 2. The topological polar surface area (TPSA) is 81.9 Å². The molecule has 0 unspecified atom stereocenters. The van der Waals surface area contributed by atoms with Gasteiger partial charge in [0, 0.05) is 17.5 Å². The maximum absolute atomic E-state index is 13.8. The molecule has 2 aliphatic rings. The number of hydrogen-bond donors (Lipinski definition) is 0. The van der Waals surface area contributed by atoms with Crippen LogP contribution in [0.15, 0.2) is 72.8 Å². The summed E-state index contributed by atoms with van der Waals surface area (Å²) in [5.41, 5.74) is 2.24. The van der Waals surface area contributed by atoms with E-state index in [1.165, 1.54) is 0 Å². The van der Waals surface area contributed by atoms with Crippen LogP contribution in [0, 0.1) is 17.0 Å². The minimum Gasteiger partial charge on any atom is -0.497 e. The number of aryl methyl sites for hydroxylation is 1. The number of hydrogen-bond acceptors (Lipinski definition) is 5. The highest BCUT2D eigenvalue weighted by Gasteiger charge is 2.69. The van der Waals surface area contributed by atoms with E-state index in [4.69, 9.17) is 9.47 Å². The van der Waals surface area contributed by atoms with E-state index in [2.05, 4.69) is 0 Å². The summed E-state index contributed by atoms with van der Waals surface area (Å²) in [5, 5.41) is 12.6. The first-order chi connectivity index (χ1) is 15.9. The summed E-state index contributed by atoms with van der Waals surface area (Å²) in [6.45, 7) is 1.96. The first kappa shape index (κ1) is 21.2. The van der Waals surface area contributed by atoms with Crippen LogP contribution >= 0.6 is 0 Å². The normalized spacial score (nSPS) is 26.0. The van der Waals surface area contributed by atoms with E-state index in [0.29, 0.717) is 28.1 Å². The van der Waals surface area contributed by atoms with E-state index in [-0.39, 0.29) is 10.8 Å². The van der Waals surface area contributed by atoms with Crippen LogP contribution in [-0.4, -0.2) is 31.0 Å². The number of likely N-dealkylation sites (N-methyl/N-ethyl adjacent to an activating group) is 1. The number of benzene rings is 3. The molecule has 7 nitrogen and oxygen atoms in total. The molecular formula is C26H24N2O5. The fraction of sp³-hybridized carbons (Fsp3) is 0.269. The fourth-order valence-electron chi connectivity index (χ4n) is 5.22. The molecule has 1 saturated heterocycles. The maximum atomic E-state index is 13.8. The van der Waals surface area contributed by atoms with Crippen LogP contribution in [0.1, 0.15) is 34.3 Å². The van der Waals surface area contributed by atoms with Gasteiger partial charge in [-0.2, -0.15) is 0 Å². The van der Waals surface area contributed by atoms with E-state index in [1.807, 2.05) is 55.5 Å². The zero-order chi connectivity index (χ0) is 23.3. The molecule has 0 aromatic heterocycles. The van der Waals surface area contributed by atoms with Gasteiger partial charge in [0.1, 0.15) is 5.75 Å². The molecule has 1 amide bonds. The molecule has 0 aliphatic carbocycles. The van der Waals surface area contributed by atoms with Gasteiger partial charge in [0.05, 0.1) is 18.7 Å². The number of rotatable bonds is 4. The fourth-order valence-corrected chi connectivity index (χ4v) is 5.22. The Hall–Kier alpha value is -3.71. The molecule has 0 bridgehead atoms. The lowest BCUT2D eigenvalue weighted by molar-refractivity contribution is -0.531. The van der Waals surface area contributed by atoms with Crippen molar-refractivity contribution in [3.8, 4) is 5.75 Å². The highest BCUT2D eigenvalue weighted by atomic mass is 16.6. The van der Waals surface area contributed by atoms with Gasteiger partial charge in [0.2, 0.25) is 0 Å². The average Bonchev–Trinajstić information content (AvgIpc) is 3.30. The quantitative estimate of drug-likeness (QED) is 0.441. The molecular weight excluding hydrogens is 420 g/mol. The minimum atomic E-state index is -1.50. The van der Waals surface area contributed by atoms with Crippen LogP contribution in [-0.2, 0) is 15.1 Å². The summed E-state index contributed by atoms with van der Waals surface area (Å²) in [7, 11) is 3.25. The number of methoxy groups -OCH3 is 1. The molecule has 33 heavy (non-hydrogen) atoms. The van der Waals surface area contributed by atoms with Gasteiger partial charge in [0.15, 0.2) is 11.7 Å². The monoisotopic (exact) mass is 444 g/mol. The van der Waals surface area contributed by atoms with Crippen LogP contribution in [0.4, 0.5) is 5.69 Å². The lowest BCUT2D eigenvalue weighted by Gasteiger charge is -2.29. The molecule has 2 heterocycles. The third-order valence-corrected chi connectivity index (χ3v) is 6.81. The number of carbonyl (C=O) groups is 1. The molecule has 5 rings (SSSR count). The Balaban J connectivity index is 1.76. The molecule has 1 spiro atoms. The summed E-state index contributed by atoms with van der Waals surface area (Å²) >= 11 is 0. The van der Waals surface area contributed by atoms with Crippen molar-refractivity contribution < 1.29 is 19.2 Å². The predicted octanol–water partition coefficient (Wildman–Crippen LogP) is 4.38. The van der Waals surface area contributed by atoms with E-state index in [9.17, 15) is 14.9 Å². The SMILES string of the molecule is COc1ccc([C@@H]2O[C@@]3(C(=O)N(C)c4ccccc43)[C@@H](c3ccc(C)cc3)[C@@H]2[N+](=O)[O-])cc1. The predicted molar refractivity (Wildman–Crippen MR) is 123 cm³/mol. The lowest BCUT2D eigenvalue weighted by Crippen LogP contribution is -2.44. The summed E-state index contributed by atoms with van der Waals surface area (Å²) in [4.78, 5) is 27.7. The Morgan fingerprint density at radius 2 is 1.64 bits per heavy atom. The number of nitro groups is 1. The van der Waals surface area contributed by atoms with Crippen molar-refractivity contribution in [2.24, 2.45) is 0 Å². The Morgan fingerprint density at radius 3 is 2.27 bits per heavy atom. The molecule has 0 radical (unpaired) electrons. The van der Waals surface area contributed by atoms with Gasteiger partial charge in [0.25, 0.3) is 11.9 Å². The van der Waals surface area contributed by atoms with E-state index in [1.54, 1.807) is 43.3 Å². The highest BCUT2D eigenvalue weighted by Crippen LogP contribution is 2.60. The van der Waals surface area contributed by atoms with Gasteiger partial charge < -0.3 is 14.4 Å². The standard InChI is InChI=1S/C26H24N2O5/c1-16-8-10-17(11-9-16)22-23(28(30)31)24(18-12-14-19(32-3)15-13-18)33-26(22)20-6-4-5-7-21(20)27(2)25(26)29/h4-15,22-24H,1-3H3/t22-,23-,24-,26+/m0/s1. The largest absolute Gasteiger partial charge is 0.497 e. The first-order valence-electron chi connectivity index (χ1n) is 10.8. The summed E-state index contributed by atoms with van der Waals surface area (Å²) < 4.78 is 11.8. The molecule has 1 fully saturated rings. The Kier molecular flexibility index (Phi) is 4.94. The first-order valence-corrected chi connectivity index (χ1v) is 10.8. The van der Waals surface area contributed by atoms with Crippen LogP contribution in [0.25, 0.3) is 0 Å². The van der Waals surface area contributed by atoms with Gasteiger partial charge in [-0.05, 0) is 36.2 Å². The van der Waals surface area contributed by atoms with Gasteiger partial charge in [-0.15, -0.1) is 0 Å². The molecule has 0 saturated carbocycles. The maximum Gasteiger partial charge on any atom is 0.264 e. The van der Waals surface area contributed by atoms with Crippen LogP contribution in [0.5, 0.6) is 5.75 Å². The van der Waals surface area contributed by atoms with Crippen molar-refractivity contribution >= 4 is 11.6 Å². The smallest absolute Gasteiger partial charge is 0.264 e. The summed E-state index contributed by atoms with van der Waals surface area (Å²) in [6.07, 6.45) is -0.916. The average molecular weight is 444 g/mol. The summed E-state index contributed by atoms with van der Waals surface area (Å²) in [5.74, 6) is -0.461. The van der Waals surface area contributed by atoms with Crippen molar-refractivity contribution in [1.29, 1.82) is 0 Å². The van der Waals surface area contributed by atoms with Crippen molar-refractivity contribution in [3.63, 3.8) is 0 Å². The van der Waals surface area contributed by atoms with Gasteiger partial charge >= 0.3 is 0 Å². The van der Waals surface area contributed by atoms with Crippen molar-refractivity contribution in [2.45, 2.75) is 30.6 Å². The number of fused-ring (bicyclic) bond motifs is 2. The van der Waals surface area contributed by atoms with Gasteiger partial charge in [-0.1, -0.05) is 60.2 Å². The van der Waals surface area contributed by atoms with E-state index >= 15 is 0 Å². The van der Waals surface area contributed by atoms with E-state index in [0.717, 1.165) is 5.56 Å². The second-order valence-electron chi connectivity index (χ2n) is 8.59. The van der Waals surface area contributed by atoms with Gasteiger partial charge in [-0.25, -0.2) is 0 Å². The Labute approximate surface area is 191 Å². The highest BCUT2D eigenvalue weighted by molar-refractivity contribution is 6.07. The van der Waals surface area contributed by atoms with Crippen molar-refractivity contribution in [1.82, 2.24) is 0 Å². The number of carbonyl (C=O) groups excluding carboxylic acids is 1. The summed E-state index contributed by atoms with van der Waals surface area (Å²) in [6, 6.07) is 20.8. The third-order valence-electron chi connectivity index (χ3n) is 6.81. The van der Waals surface area contributed by atoms with Gasteiger partial charge in [-0.3, -0.25) is 14.9 Å². The lowest BCUT2D eigenvalue weighted by atomic mass is 9.74. The molecule has 2 aliphatic heterocycles. The number of anilines is 1. The second kappa shape index (κ2) is 7.71. The Bertz CT molecular complexity index is 1220. The molecule has 7 heteroatoms. The zero-order valence-corrected chi connectivity index (χ0v) is 18.6. The molecule has 168 valence electrons. The third kappa shape index (κ3) is 3.03. The van der Waals surface area contributed by atoms with E-state index < -0.39 is 23.7 Å².